The molecule has 20 heavy (non-hydrogen) atoms. The van der Waals surface area contributed by atoms with Gasteiger partial charge in [-0.2, -0.15) is 0 Å². The van der Waals surface area contributed by atoms with Crippen molar-refractivity contribution >= 4 is 21.2 Å². The number of anilines is 1. The summed E-state index contributed by atoms with van der Waals surface area (Å²) in [5, 5.41) is 13.9. The third-order valence-electron chi connectivity index (χ3n) is 3.07. The molecule has 0 aromatic heterocycles. The van der Waals surface area contributed by atoms with E-state index in [-0.39, 0.29) is 16.6 Å². The monoisotopic (exact) mass is 300 g/mol. The molecule has 1 rings (SSSR count). The predicted molar refractivity (Wildman–Crippen MR) is 78.8 cm³/mol. The average molecular weight is 300 g/mol. The van der Waals surface area contributed by atoms with Gasteiger partial charge in [-0.05, 0) is 18.9 Å². The van der Waals surface area contributed by atoms with Gasteiger partial charge < -0.3 is 5.32 Å². The zero-order valence-corrected chi connectivity index (χ0v) is 12.7. The lowest BCUT2D eigenvalue weighted by atomic mass is 10.1. The molecule has 0 aliphatic heterocycles. The predicted octanol–water partition coefficient (Wildman–Crippen LogP) is 2.99. The van der Waals surface area contributed by atoms with Crippen molar-refractivity contribution in [2.75, 3.05) is 11.6 Å². The Morgan fingerprint density at radius 1 is 1.35 bits per heavy atom. The van der Waals surface area contributed by atoms with Crippen molar-refractivity contribution in [3.63, 3.8) is 0 Å². The lowest BCUT2D eigenvalue weighted by Gasteiger charge is -2.19. The fourth-order valence-corrected chi connectivity index (χ4v) is 2.86. The smallest absolute Gasteiger partial charge is 0.270 e. The molecular formula is C13H20N2O4S. The Hall–Kier alpha value is -1.63. The number of nitro groups is 1. The summed E-state index contributed by atoms with van der Waals surface area (Å²) < 4.78 is 23.6. The quantitative estimate of drug-likeness (QED) is 0.617. The van der Waals surface area contributed by atoms with Crippen LogP contribution in [0.5, 0.6) is 0 Å². The van der Waals surface area contributed by atoms with Crippen LogP contribution in [0.1, 0.15) is 33.1 Å². The van der Waals surface area contributed by atoms with Gasteiger partial charge in [0.1, 0.15) is 0 Å². The molecule has 0 aliphatic carbocycles. The van der Waals surface area contributed by atoms with Gasteiger partial charge in [0.15, 0.2) is 9.84 Å². The van der Waals surface area contributed by atoms with Crippen molar-refractivity contribution < 1.29 is 13.3 Å². The molecule has 0 spiro atoms. The van der Waals surface area contributed by atoms with Gasteiger partial charge in [0, 0.05) is 24.4 Å². The summed E-state index contributed by atoms with van der Waals surface area (Å²) in [6.07, 6.45) is 3.80. The first-order chi connectivity index (χ1) is 9.29. The number of rotatable bonds is 7. The topological polar surface area (TPSA) is 89.3 Å². The number of nitro benzene ring substituents is 1. The molecule has 0 saturated heterocycles. The Morgan fingerprint density at radius 2 is 2.00 bits per heavy atom. The second-order valence-electron chi connectivity index (χ2n) is 4.75. The Labute approximate surface area is 119 Å². The Bertz CT molecular complexity index is 584. The molecule has 6 nitrogen and oxygen atoms in total. The number of nitrogens with zero attached hydrogens (tertiary/aromatic N) is 1. The van der Waals surface area contributed by atoms with Crippen LogP contribution < -0.4 is 5.32 Å². The summed E-state index contributed by atoms with van der Waals surface area (Å²) in [5.41, 5.74) is 0.206. The van der Waals surface area contributed by atoms with E-state index >= 15 is 0 Å². The van der Waals surface area contributed by atoms with Crippen molar-refractivity contribution in [2.45, 2.75) is 44.0 Å². The largest absolute Gasteiger partial charge is 0.381 e. The lowest BCUT2D eigenvalue weighted by molar-refractivity contribution is -0.385. The Morgan fingerprint density at radius 3 is 2.45 bits per heavy atom. The first-order valence-corrected chi connectivity index (χ1v) is 8.43. The van der Waals surface area contributed by atoms with E-state index in [1.54, 1.807) is 0 Å². The average Bonchev–Trinajstić information content (AvgIpc) is 2.37. The van der Waals surface area contributed by atoms with Gasteiger partial charge in [-0.15, -0.1) is 0 Å². The number of benzene rings is 1. The molecule has 1 N–H and O–H groups in total. The van der Waals surface area contributed by atoms with Crippen LogP contribution in [-0.2, 0) is 9.84 Å². The summed E-state index contributed by atoms with van der Waals surface area (Å²) in [4.78, 5) is 10.1. The summed E-state index contributed by atoms with van der Waals surface area (Å²) >= 11 is 0. The zero-order valence-electron chi connectivity index (χ0n) is 11.9. The molecule has 7 heteroatoms. The maximum absolute atomic E-state index is 11.8. The van der Waals surface area contributed by atoms with E-state index in [1.807, 2.05) is 6.92 Å². The molecule has 1 unspecified atom stereocenters. The minimum Gasteiger partial charge on any atom is -0.381 e. The van der Waals surface area contributed by atoms with E-state index in [4.69, 9.17) is 0 Å². The van der Waals surface area contributed by atoms with Gasteiger partial charge in [-0.25, -0.2) is 8.42 Å². The second-order valence-corrected chi connectivity index (χ2v) is 6.73. The van der Waals surface area contributed by atoms with Crippen molar-refractivity contribution in [2.24, 2.45) is 0 Å². The minimum atomic E-state index is -3.53. The number of non-ortho nitro benzene ring substituents is 1. The first-order valence-electron chi connectivity index (χ1n) is 6.54. The van der Waals surface area contributed by atoms with Crippen molar-refractivity contribution in [1.82, 2.24) is 0 Å². The van der Waals surface area contributed by atoms with Crippen LogP contribution in [-0.4, -0.2) is 25.6 Å². The van der Waals surface area contributed by atoms with Crippen molar-refractivity contribution in [1.29, 1.82) is 0 Å². The Balaban J connectivity index is 3.22. The summed E-state index contributed by atoms with van der Waals surface area (Å²) in [5.74, 6) is 0. The van der Waals surface area contributed by atoms with E-state index in [0.717, 1.165) is 31.6 Å². The highest BCUT2D eigenvalue weighted by Crippen LogP contribution is 2.27. The number of hydrogen-bond donors (Lipinski definition) is 1. The van der Waals surface area contributed by atoms with Crippen LogP contribution in [0.2, 0.25) is 0 Å². The third kappa shape index (κ3) is 4.19. The van der Waals surface area contributed by atoms with E-state index < -0.39 is 14.8 Å². The van der Waals surface area contributed by atoms with Gasteiger partial charge in [0.25, 0.3) is 5.69 Å². The standard InChI is InChI=1S/C13H20N2O4S/c1-4-6-10(5-2)14-12-8-7-11(15(16)17)9-13(12)20(3,18)19/h7-10,14H,4-6H2,1-3H3. The zero-order chi connectivity index (χ0) is 15.3. The number of nitrogens with one attached hydrogen (secondary N) is 1. The molecular weight excluding hydrogens is 280 g/mol. The molecule has 0 saturated carbocycles. The second kappa shape index (κ2) is 6.69. The van der Waals surface area contributed by atoms with E-state index in [2.05, 4.69) is 12.2 Å². The van der Waals surface area contributed by atoms with Gasteiger partial charge in [-0.1, -0.05) is 20.3 Å². The molecule has 0 fully saturated rings. The van der Waals surface area contributed by atoms with E-state index in [1.165, 1.54) is 12.1 Å². The molecule has 1 aromatic carbocycles. The molecule has 0 bridgehead atoms. The first kappa shape index (κ1) is 16.4. The molecule has 112 valence electrons. The normalized spacial score (nSPS) is 12.9. The molecule has 1 atom stereocenters. The molecule has 0 heterocycles. The van der Waals surface area contributed by atoms with Gasteiger partial charge in [0.2, 0.25) is 0 Å². The van der Waals surface area contributed by atoms with Gasteiger partial charge >= 0.3 is 0 Å². The van der Waals surface area contributed by atoms with Crippen LogP contribution in [0.15, 0.2) is 23.1 Å². The van der Waals surface area contributed by atoms with Crippen LogP contribution >= 0.6 is 0 Å². The van der Waals surface area contributed by atoms with Crippen LogP contribution in [0.4, 0.5) is 11.4 Å². The van der Waals surface area contributed by atoms with Crippen LogP contribution in [0, 0.1) is 10.1 Å². The van der Waals surface area contributed by atoms with Gasteiger partial charge in [-0.3, -0.25) is 10.1 Å². The molecule has 0 amide bonds. The van der Waals surface area contributed by atoms with Crippen molar-refractivity contribution in [3.05, 3.63) is 28.3 Å². The number of hydrogen-bond acceptors (Lipinski definition) is 5. The van der Waals surface area contributed by atoms with Crippen molar-refractivity contribution in [3.8, 4) is 0 Å². The van der Waals surface area contributed by atoms with Crippen LogP contribution in [0.25, 0.3) is 0 Å². The minimum absolute atomic E-state index is 0.0266. The molecule has 0 radical (unpaired) electrons. The summed E-state index contributed by atoms with van der Waals surface area (Å²) in [6, 6.07) is 4.04. The highest BCUT2D eigenvalue weighted by Gasteiger charge is 2.19. The fourth-order valence-electron chi connectivity index (χ4n) is 2.00. The summed E-state index contributed by atoms with van der Waals surface area (Å²) in [6.45, 7) is 4.07. The Kier molecular flexibility index (Phi) is 5.50. The molecule has 1 aromatic rings. The molecule has 0 aliphatic rings. The SMILES string of the molecule is CCCC(CC)Nc1ccc([N+](=O)[O-])cc1S(C)(=O)=O. The van der Waals surface area contributed by atoms with E-state index in [0.29, 0.717) is 5.69 Å². The van der Waals surface area contributed by atoms with Gasteiger partial charge in [0.05, 0.1) is 15.5 Å². The highest BCUT2D eigenvalue weighted by molar-refractivity contribution is 7.90. The summed E-state index contributed by atoms with van der Waals surface area (Å²) in [7, 11) is -3.53. The van der Waals surface area contributed by atoms with E-state index in [9.17, 15) is 18.5 Å². The maximum atomic E-state index is 11.8. The third-order valence-corrected chi connectivity index (χ3v) is 4.20. The number of sulfone groups is 1. The fraction of sp³-hybridized carbons (Fsp3) is 0.538. The highest BCUT2D eigenvalue weighted by atomic mass is 32.2. The van der Waals surface area contributed by atoms with Crippen LogP contribution in [0.3, 0.4) is 0 Å². The maximum Gasteiger partial charge on any atom is 0.270 e. The lowest BCUT2D eigenvalue weighted by Crippen LogP contribution is -2.19.